The molecule has 4 nitrogen and oxygen atoms in total. The minimum Gasteiger partial charge on any atom is -0.399 e. The molecule has 0 spiro atoms. The van der Waals surface area contributed by atoms with E-state index < -0.39 is 0 Å². The summed E-state index contributed by atoms with van der Waals surface area (Å²) in [5.41, 5.74) is 11.6. The van der Waals surface area contributed by atoms with Crippen molar-refractivity contribution in [2.24, 2.45) is 0 Å². The van der Waals surface area contributed by atoms with Gasteiger partial charge in [-0.3, -0.25) is 4.90 Å². The highest BCUT2D eigenvalue weighted by Crippen LogP contribution is 2.22. The van der Waals surface area contributed by atoms with E-state index >= 15 is 0 Å². The van der Waals surface area contributed by atoms with Gasteiger partial charge >= 0.3 is 0 Å². The van der Waals surface area contributed by atoms with Gasteiger partial charge in [0, 0.05) is 18.8 Å². The zero-order valence-electron chi connectivity index (χ0n) is 11.8. The Morgan fingerprint density at radius 3 is 2.95 bits per heavy atom. The number of rotatable bonds is 2. The number of H-pyrrole nitrogens is 1. The van der Waals surface area contributed by atoms with Crippen molar-refractivity contribution in [3.8, 4) is 0 Å². The lowest BCUT2D eigenvalue weighted by atomic mass is 9.99. The van der Waals surface area contributed by atoms with Crippen LogP contribution in [0.4, 0.5) is 5.69 Å². The highest BCUT2D eigenvalue weighted by atomic mass is 15.2. The molecule has 106 valence electrons. The van der Waals surface area contributed by atoms with Gasteiger partial charge in [-0.15, -0.1) is 0 Å². The number of fused-ring (bicyclic) bond motifs is 2. The molecule has 0 aliphatic carbocycles. The number of aromatic amines is 1. The second-order valence-corrected chi connectivity index (χ2v) is 5.69. The van der Waals surface area contributed by atoms with Gasteiger partial charge in [-0.1, -0.05) is 18.2 Å². The number of aromatic nitrogens is 2. The molecule has 4 heteroatoms. The van der Waals surface area contributed by atoms with E-state index in [1.807, 2.05) is 24.3 Å². The number of nitrogen functional groups attached to an aromatic ring is 1. The molecule has 21 heavy (non-hydrogen) atoms. The van der Waals surface area contributed by atoms with Crippen LogP contribution in [0.1, 0.15) is 17.0 Å². The number of para-hydroxylation sites is 2. The molecule has 1 aliphatic rings. The largest absolute Gasteiger partial charge is 0.399 e. The Morgan fingerprint density at radius 2 is 2.05 bits per heavy atom. The summed E-state index contributed by atoms with van der Waals surface area (Å²) in [6, 6.07) is 14.4. The zero-order chi connectivity index (χ0) is 14.2. The van der Waals surface area contributed by atoms with E-state index in [9.17, 15) is 0 Å². The topological polar surface area (TPSA) is 57.9 Å². The molecule has 4 rings (SSSR count). The van der Waals surface area contributed by atoms with Gasteiger partial charge in [0.05, 0.1) is 17.6 Å². The minimum atomic E-state index is 0.860. The molecule has 2 aromatic carbocycles. The van der Waals surface area contributed by atoms with Crippen LogP contribution < -0.4 is 5.73 Å². The van der Waals surface area contributed by atoms with Gasteiger partial charge in [0.25, 0.3) is 0 Å². The maximum Gasteiger partial charge on any atom is 0.121 e. The van der Waals surface area contributed by atoms with Crippen LogP contribution in [0.5, 0.6) is 0 Å². The van der Waals surface area contributed by atoms with Gasteiger partial charge in [-0.25, -0.2) is 4.98 Å². The molecular formula is C17H18N4. The van der Waals surface area contributed by atoms with Crippen LogP contribution in [0.15, 0.2) is 42.5 Å². The van der Waals surface area contributed by atoms with Gasteiger partial charge in [-0.2, -0.15) is 0 Å². The van der Waals surface area contributed by atoms with Gasteiger partial charge in [-0.05, 0) is 41.8 Å². The minimum absolute atomic E-state index is 0.860. The Kier molecular flexibility index (Phi) is 2.89. The molecule has 3 N–H and O–H groups in total. The maximum atomic E-state index is 5.85. The number of hydrogen-bond donors (Lipinski definition) is 2. The monoisotopic (exact) mass is 278 g/mol. The highest BCUT2D eigenvalue weighted by molar-refractivity contribution is 5.74. The van der Waals surface area contributed by atoms with E-state index in [2.05, 4.69) is 33.1 Å². The molecule has 0 amide bonds. The number of hydrogen-bond acceptors (Lipinski definition) is 3. The SMILES string of the molecule is Nc1ccc2c(c1)CCN(Cc1nc3ccccc3[nH]1)C2. The van der Waals surface area contributed by atoms with Crippen molar-refractivity contribution in [1.82, 2.24) is 14.9 Å². The van der Waals surface area contributed by atoms with Crippen LogP contribution in [0.2, 0.25) is 0 Å². The summed E-state index contributed by atoms with van der Waals surface area (Å²) in [4.78, 5) is 10.5. The van der Waals surface area contributed by atoms with Crippen LogP contribution >= 0.6 is 0 Å². The maximum absolute atomic E-state index is 5.85. The first kappa shape index (κ1) is 12.4. The number of imidazole rings is 1. The fourth-order valence-corrected chi connectivity index (χ4v) is 3.06. The summed E-state index contributed by atoms with van der Waals surface area (Å²) < 4.78 is 0. The van der Waals surface area contributed by atoms with Crippen molar-refractivity contribution in [2.75, 3.05) is 12.3 Å². The predicted molar refractivity (Wildman–Crippen MR) is 84.8 cm³/mol. The van der Waals surface area contributed by atoms with Crippen molar-refractivity contribution in [3.63, 3.8) is 0 Å². The summed E-state index contributed by atoms with van der Waals surface area (Å²) in [7, 11) is 0. The van der Waals surface area contributed by atoms with Crippen LogP contribution in [-0.4, -0.2) is 21.4 Å². The molecule has 0 bridgehead atoms. The third-order valence-corrected chi connectivity index (χ3v) is 4.13. The first-order valence-electron chi connectivity index (χ1n) is 7.31. The molecule has 0 atom stereocenters. The lowest BCUT2D eigenvalue weighted by molar-refractivity contribution is 0.240. The summed E-state index contributed by atoms with van der Waals surface area (Å²) in [6.07, 6.45) is 1.06. The molecule has 0 fully saturated rings. The lowest BCUT2D eigenvalue weighted by Crippen LogP contribution is -2.30. The third-order valence-electron chi connectivity index (χ3n) is 4.13. The van der Waals surface area contributed by atoms with Gasteiger partial charge < -0.3 is 10.7 Å². The standard InChI is InChI=1S/C17H18N4/c18-14-6-5-13-10-21(8-7-12(13)9-14)11-17-19-15-3-1-2-4-16(15)20-17/h1-6,9H,7-8,10-11,18H2,(H,19,20). The van der Waals surface area contributed by atoms with E-state index in [1.165, 1.54) is 11.1 Å². The van der Waals surface area contributed by atoms with Crippen LogP contribution in [0, 0.1) is 0 Å². The van der Waals surface area contributed by atoms with E-state index in [4.69, 9.17) is 5.73 Å². The van der Waals surface area contributed by atoms with Gasteiger partial charge in [0.1, 0.15) is 5.82 Å². The number of benzene rings is 2. The predicted octanol–water partition coefficient (Wildman–Crippen LogP) is 2.70. The fraction of sp³-hybridized carbons (Fsp3) is 0.235. The Morgan fingerprint density at radius 1 is 1.14 bits per heavy atom. The number of nitrogens with two attached hydrogens (primary N) is 1. The Labute approximate surface area is 123 Å². The Bertz CT molecular complexity index is 757. The van der Waals surface area contributed by atoms with Crippen LogP contribution in [-0.2, 0) is 19.5 Å². The molecule has 1 aliphatic heterocycles. The number of nitrogens with one attached hydrogen (secondary N) is 1. The summed E-state index contributed by atoms with van der Waals surface area (Å²) in [5, 5.41) is 0. The normalized spacial score (nSPS) is 15.2. The molecule has 0 radical (unpaired) electrons. The first-order valence-corrected chi connectivity index (χ1v) is 7.31. The zero-order valence-corrected chi connectivity index (χ0v) is 11.8. The summed E-state index contributed by atoms with van der Waals surface area (Å²) in [5.74, 6) is 1.04. The lowest BCUT2D eigenvalue weighted by Gasteiger charge is -2.28. The third kappa shape index (κ3) is 2.38. The highest BCUT2D eigenvalue weighted by Gasteiger charge is 2.17. The fourth-order valence-electron chi connectivity index (χ4n) is 3.06. The molecular weight excluding hydrogens is 260 g/mol. The molecule has 0 saturated carbocycles. The average Bonchev–Trinajstić information content (AvgIpc) is 2.89. The average molecular weight is 278 g/mol. The van der Waals surface area contributed by atoms with E-state index in [1.54, 1.807) is 0 Å². The second-order valence-electron chi connectivity index (χ2n) is 5.69. The van der Waals surface area contributed by atoms with Crippen molar-refractivity contribution >= 4 is 16.7 Å². The van der Waals surface area contributed by atoms with Crippen molar-refractivity contribution in [1.29, 1.82) is 0 Å². The molecule has 0 saturated heterocycles. The molecule has 2 heterocycles. The smallest absolute Gasteiger partial charge is 0.121 e. The van der Waals surface area contributed by atoms with E-state index in [-0.39, 0.29) is 0 Å². The van der Waals surface area contributed by atoms with Gasteiger partial charge in [0.2, 0.25) is 0 Å². The van der Waals surface area contributed by atoms with E-state index in [0.29, 0.717) is 0 Å². The summed E-state index contributed by atoms with van der Waals surface area (Å²) >= 11 is 0. The van der Waals surface area contributed by atoms with Gasteiger partial charge in [0.15, 0.2) is 0 Å². The quantitative estimate of drug-likeness (QED) is 0.709. The Hall–Kier alpha value is -2.33. The van der Waals surface area contributed by atoms with Crippen LogP contribution in [0.3, 0.4) is 0 Å². The number of nitrogens with zero attached hydrogens (tertiary/aromatic N) is 2. The van der Waals surface area contributed by atoms with Crippen molar-refractivity contribution < 1.29 is 0 Å². The Balaban J connectivity index is 1.54. The second kappa shape index (κ2) is 4.90. The molecule has 1 aromatic heterocycles. The van der Waals surface area contributed by atoms with Crippen molar-refractivity contribution in [3.05, 3.63) is 59.4 Å². The molecule has 3 aromatic rings. The summed E-state index contributed by atoms with van der Waals surface area (Å²) in [6.45, 7) is 2.87. The van der Waals surface area contributed by atoms with Crippen molar-refractivity contribution in [2.45, 2.75) is 19.5 Å². The number of anilines is 1. The molecule has 0 unspecified atom stereocenters. The first-order chi connectivity index (χ1) is 10.3. The van der Waals surface area contributed by atoms with E-state index in [0.717, 1.165) is 48.6 Å². The van der Waals surface area contributed by atoms with Crippen LogP contribution in [0.25, 0.3) is 11.0 Å².